The molecule has 0 spiro atoms. The molecule has 18 heavy (non-hydrogen) atoms. The van der Waals surface area contributed by atoms with E-state index >= 15 is 0 Å². The molecule has 0 aromatic carbocycles. The van der Waals surface area contributed by atoms with Gasteiger partial charge in [0.05, 0.1) is 11.8 Å². The monoisotopic (exact) mass is 247 g/mol. The first-order valence-corrected chi connectivity index (χ1v) is 6.85. The van der Waals surface area contributed by atoms with Gasteiger partial charge in [-0.25, -0.2) is 0 Å². The van der Waals surface area contributed by atoms with E-state index in [0.717, 1.165) is 12.8 Å². The molecule has 3 heteroatoms. The van der Waals surface area contributed by atoms with Crippen LogP contribution in [0.5, 0.6) is 0 Å². The van der Waals surface area contributed by atoms with Crippen LogP contribution >= 0.6 is 0 Å². The average Bonchev–Trinajstić information content (AvgIpc) is 2.57. The molecule has 4 atom stereocenters. The molecular weight excluding hydrogens is 226 g/mol. The third kappa shape index (κ3) is 1.11. The van der Waals surface area contributed by atoms with Gasteiger partial charge in [-0.05, 0) is 24.2 Å². The molecule has 1 aliphatic heterocycles. The highest BCUT2D eigenvalue weighted by Crippen LogP contribution is 2.63. The van der Waals surface area contributed by atoms with Gasteiger partial charge in [-0.15, -0.1) is 0 Å². The van der Waals surface area contributed by atoms with Crippen molar-refractivity contribution in [2.75, 3.05) is 7.05 Å². The van der Waals surface area contributed by atoms with Crippen molar-refractivity contribution in [3.8, 4) is 0 Å². The van der Waals surface area contributed by atoms with Crippen LogP contribution in [0, 0.1) is 28.6 Å². The predicted octanol–water partition coefficient (Wildman–Crippen LogP) is 2.23. The Balaban J connectivity index is 2.19. The van der Waals surface area contributed by atoms with Crippen LogP contribution in [0.25, 0.3) is 0 Å². The molecule has 1 saturated heterocycles. The van der Waals surface area contributed by atoms with E-state index in [1.807, 2.05) is 0 Å². The molecule has 4 rings (SSSR count). The first-order valence-electron chi connectivity index (χ1n) is 6.85. The van der Waals surface area contributed by atoms with Gasteiger partial charge in [-0.2, -0.15) is 0 Å². The smallest absolute Gasteiger partial charge is 0.233 e. The molecule has 0 radical (unpaired) electrons. The van der Waals surface area contributed by atoms with Gasteiger partial charge in [0, 0.05) is 12.5 Å². The second-order valence-corrected chi connectivity index (χ2v) is 6.80. The Bertz CT molecular complexity index is 467. The first kappa shape index (κ1) is 11.9. The summed E-state index contributed by atoms with van der Waals surface area (Å²) in [7, 11) is 1.64. The van der Waals surface area contributed by atoms with E-state index in [-0.39, 0.29) is 34.5 Å². The summed E-state index contributed by atoms with van der Waals surface area (Å²) < 4.78 is 0. The molecule has 2 bridgehead atoms. The molecule has 0 unspecified atom stereocenters. The fraction of sp³-hybridized carbons (Fsp3) is 0.733. The lowest BCUT2D eigenvalue weighted by molar-refractivity contribution is -0.139. The van der Waals surface area contributed by atoms with Crippen LogP contribution in [-0.4, -0.2) is 23.8 Å². The van der Waals surface area contributed by atoms with Gasteiger partial charge in [0.1, 0.15) is 0 Å². The number of hydrogen-bond donors (Lipinski definition) is 0. The zero-order valence-corrected chi connectivity index (χ0v) is 11.6. The lowest BCUT2D eigenvalue weighted by Crippen LogP contribution is -2.53. The Morgan fingerprint density at radius 3 is 2.28 bits per heavy atom. The maximum Gasteiger partial charge on any atom is 0.233 e. The highest BCUT2D eigenvalue weighted by molar-refractivity contribution is 6.06. The first-order chi connectivity index (χ1) is 8.33. The Kier molecular flexibility index (Phi) is 2.16. The minimum Gasteiger partial charge on any atom is -0.285 e. The van der Waals surface area contributed by atoms with Crippen molar-refractivity contribution in [2.24, 2.45) is 28.6 Å². The van der Waals surface area contributed by atoms with Crippen molar-refractivity contribution >= 4 is 11.8 Å². The van der Waals surface area contributed by atoms with Gasteiger partial charge in [-0.3, -0.25) is 14.5 Å². The SMILES string of the molecule is CC(C)[C@@]12C=C[C@](C)(CC1)[C@@H]1C(=O)N(C)C(=O)[C@@H]12. The molecule has 2 amide bonds. The molecule has 0 aromatic heterocycles. The van der Waals surface area contributed by atoms with Crippen molar-refractivity contribution in [2.45, 2.75) is 33.6 Å². The van der Waals surface area contributed by atoms with Gasteiger partial charge in [-0.1, -0.05) is 32.9 Å². The van der Waals surface area contributed by atoms with E-state index in [2.05, 4.69) is 32.9 Å². The van der Waals surface area contributed by atoms with Crippen LogP contribution in [0.1, 0.15) is 33.6 Å². The van der Waals surface area contributed by atoms with E-state index in [0.29, 0.717) is 5.92 Å². The van der Waals surface area contributed by atoms with Crippen molar-refractivity contribution in [1.29, 1.82) is 0 Å². The maximum absolute atomic E-state index is 12.5. The number of imide groups is 1. The summed E-state index contributed by atoms with van der Waals surface area (Å²) >= 11 is 0. The highest BCUT2D eigenvalue weighted by atomic mass is 16.2. The van der Waals surface area contributed by atoms with Crippen LogP contribution in [0.2, 0.25) is 0 Å². The highest BCUT2D eigenvalue weighted by Gasteiger charge is 2.66. The third-order valence-corrected chi connectivity index (χ3v) is 5.76. The Morgan fingerprint density at radius 2 is 1.78 bits per heavy atom. The van der Waals surface area contributed by atoms with E-state index in [1.54, 1.807) is 7.05 Å². The quantitative estimate of drug-likeness (QED) is 0.526. The van der Waals surface area contributed by atoms with E-state index < -0.39 is 0 Å². The van der Waals surface area contributed by atoms with Gasteiger partial charge < -0.3 is 0 Å². The van der Waals surface area contributed by atoms with Crippen molar-refractivity contribution in [3.05, 3.63) is 12.2 Å². The Hall–Kier alpha value is -1.12. The van der Waals surface area contributed by atoms with E-state index in [9.17, 15) is 9.59 Å². The largest absolute Gasteiger partial charge is 0.285 e. The van der Waals surface area contributed by atoms with Gasteiger partial charge in [0.25, 0.3) is 0 Å². The van der Waals surface area contributed by atoms with Crippen LogP contribution in [0.3, 0.4) is 0 Å². The standard InChI is InChI=1S/C15H21NO2/c1-9(2)15-7-5-14(3,6-8-15)10-11(15)13(18)16(4)12(10)17/h5,7,9-11H,6,8H2,1-4H3/t10-,11+,14+,15+/m0/s1. The molecule has 98 valence electrons. The summed E-state index contributed by atoms with van der Waals surface area (Å²) in [6.07, 6.45) is 6.51. The lowest BCUT2D eigenvalue weighted by atomic mass is 9.46. The topological polar surface area (TPSA) is 37.4 Å². The Labute approximate surface area is 108 Å². The van der Waals surface area contributed by atoms with Gasteiger partial charge in [0.15, 0.2) is 0 Å². The van der Waals surface area contributed by atoms with E-state index in [4.69, 9.17) is 0 Å². The number of carbonyl (C=O) groups excluding carboxylic acids is 2. The summed E-state index contributed by atoms with van der Waals surface area (Å²) in [6, 6.07) is 0. The molecule has 4 aliphatic rings. The van der Waals surface area contributed by atoms with Gasteiger partial charge in [0.2, 0.25) is 11.8 Å². The second kappa shape index (κ2) is 3.25. The average molecular weight is 247 g/mol. The third-order valence-electron chi connectivity index (χ3n) is 5.76. The van der Waals surface area contributed by atoms with Crippen LogP contribution < -0.4 is 0 Å². The minimum atomic E-state index is -0.129. The number of allylic oxidation sites excluding steroid dienone is 2. The molecule has 1 heterocycles. The van der Waals surface area contributed by atoms with Crippen molar-refractivity contribution in [1.82, 2.24) is 4.90 Å². The molecule has 3 aliphatic carbocycles. The van der Waals surface area contributed by atoms with Crippen molar-refractivity contribution < 1.29 is 9.59 Å². The summed E-state index contributed by atoms with van der Waals surface area (Å²) in [5, 5.41) is 0. The number of carbonyl (C=O) groups is 2. The Morgan fingerprint density at radius 1 is 1.17 bits per heavy atom. The van der Waals surface area contributed by atoms with E-state index in [1.165, 1.54) is 4.90 Å². The zero-order chi connectivity index (χ0) is 13.3. The number of amides is 2. The molecule has 1 saturated carbocycles. The number of nitrogens with zero attached hydrogens (tertiary/aromatic N) is 1. The van der Waals surface area contributed by atoms with Gasteiger partial charge >= 0.3 is 0 Å². The number of rotatable bonds is 1. The molecule has 2 fully saturated rings. The summed E-state index contributed by atoms with van der Waals surface area (Å²) in [5.74, 6) is 0.208. The number of hydrogen-bond acceptors (Lipinski definition) is 2. The fourth-order valence-electron chi connectivity index (χ4n) is 4.37. The summed E-state index contributed by atoms with van der Waals surface area (Å²) in [6.45, 7) is 6.48. The summed E-state index contributed by atoms with van der Waals surface area (Å²) in [4.78, 5) is 26.2. The normalized spacial score (nSPS) is 46.2. The summed E-state index contributed by atoms with van der Waals surface area (Å²) in [5.41, 5.74) is -0.210. The molecule has 3 nitrogen and oxygen atoms in total. The van der Waals surface area contributed by atoms with Crippen LogP contribution in [0.15, 0.2) is 12.2 Å². The number of fused-ring (bicyclic) bond motifs is 1. The predicted molar refractivity (Wildman–Crippen MR) is 68.5 cm³/mol. The fourth-order valence-corrected chi connectivity index (χ4v) is 4.37. The van der Waals surface area contributed by atoms with Crippen LogP contribution in [0.4, 0.5) is 0 Å². The zero-order valence-electron chi connectivity index (χ0n) is 11.6. The number of likely N-dealkylation sites (tertiary alicyclic amines) is 1. The molecule has 0 N–H and O–H groups in total. The maximum atomic E-state index is 12.5. The molecular formula is C15H21NO2. The van der Waals surface area contributed by atoms with Crippen molar-refractivity contribution in [3.63, 3.8) is 0 Å². The lowest BCUT2D eigenvalue weighted by Gasteiger charge is -2.55. The molecule has 0 aromatic rings. The minimum absolute atomic E-state index is 0.0292. The van der Waals surface area contributed by atoms with Crippen LogP contribution in [-0.2, 0) is 9.59 Å². The second-order valence-electron chi connectivity index (χ2n) is 6.80.